The van der Waals surface area contributed by atoms with E-state index in [-0.39, 0.29) is 0 Å². The van der Waals surface area contributed by atoms with E-state index in [9.17, 15) is 0 Å². The Kier molecular flexibility index (Phi) is 5.00. The van der Waals surface area contributed by atoms with Crippen molar-refractivity contribution in [1.82, 2.24) is 10.3 Å². The molecule has 3 nitrogen and oxygen atoms in total. The molecule has 18 heavy (non-hydrogen) atoms. The third-order valence-corrected chi connectivity index (χ3v) is 3.38. The second kappa shape index (κ2) is 6.74. The van der Waals surface area contributed by atoms with Crippen LogP contribution in [0.4, 0.5) is 5.69 Å². The number of nitrogens with zero attached hydrogens (tertiary/aromatic N) is 2. The molecule has 0 bridgehead atoms. The quantitative estimate of drug-likeness (QED) is 0.716. The highest BCUT2D eigenvalue weighted by Crippen LogP contribution is 2.33. The van der Waals surface area contributed by atoms with Gasteiger partial charge in [-0.25, -0.2) is 0 Å². The van der Waals surface area contributed by atoms with E-state index in [1.165, 1.54) is 36.9 Å². The van der Waals surface area contributed by atoms with Crippen LogP contribution in [0, 0.1) is 0 Å². The van der Waals surface area contributed by atoms with Gasteiger partial charge in [0.1, 0.15) is 0 Å². The Labute approximate surface area is 111 Å². The van der Waals surface area contributed by atoms with Crippen molar-refractivity contribution in [2.24, 2.45) is 0 Å². The van der Waals surface area contributed by atoms with Crippen molar-refractivity contribution >= 4 is 5.69 Å². The van der Waals surface area contributed by atoms with Crippen LogP contribution in [0.15, 0.2) is 18.5 Å². The Bertz CT molecular complexity index is 361. The van der Waals surface area contributed by atoms with E-state index in [1.807, 2.05) is 12.4 Å². The van der Waals surface area contributed by atoms with E-state index >= 15 is 0 Å². The van der Waals surface area contributed by atoms with E-state index < -0.39 is 0 Å². The monoisotopic (exact) mass is 247 g/mol. The summed E-state index contributed by atoms with van der Waals surface area (Å²) >= 11 is 0. The van der Waals surface area contributed by atoms with E-state index in [4.69, 9.17) is 0 Å². The summed E-state index contributed by atoms with van der Waals surface area (Å²) in [4.78, 5) is 6.85. The first-order valence-electron chi connectivity index (χ1n) is 7.27. The Balaban J connectivity index is 2.08. The van der Waals surface area contributed by atoms with Gasteiger partial charge in [-0.1, -0.05) is 13.8 Å². The molecule has 0 aliphatic heterocycles. The molecule has 1 heterocycles. The number of hydrogen-bond donors (Lipinski definition) is 1. The molecule has 1 fully saturated rings. The van der Waals surface area contributed by atoms with Crippen molar-refractivity contribution in [2.75, 3.05) is 18.0 Å². The lowest BCUT2D eigenvalue weighted by Crippen LogP contribution is -2.28. The summed E-state index contributed by atoms with van der Waals surface area (Å²) in [5, 5.41) is 3.48. The number of nitrogens with one attached hydrogen (secondary N) is 1. The molecule has 2 rings (SSSR count). The van der Waals surface area contributed by atoms with Crippen molar-refractivity contribution in [3.63, 3.8) is 0 Å². The van der Waals surface area contributed by atoms with Gasteiger partial charge in [0.05, 0.1) is 0 Å². The standard InChI is InChI=1S/C15H25N3/c1-3-8-16-11-13-12-17-9-7-15(13)18(10-4-2)14-5-6-14/h7,9,12,14,16H,3-6,8,10-11H2,1-2H3. The third kappa shape index (κ3) is 3.45. The van der Waals surface area contributed by atoms with Crippen LogP contribution in [0.2, 0.25) is 0 Å². The highest BCUT2D eigenvalue weighted by molar-refractivity contribution is 5.54. The summed E-state index contributed by atoms with van der Waals surface area (Å²) in [6, 6.07) is 2.95. The van der Waals surface area contributed by atoms with Crippen molar-refractivity contribution < 1.29 is 0 Å². The average molecular weight is 247 g/mol. The first kappa shape index (κ1) is 13.3. The van der Waals surface area contributed by atoms with Crippen molar-refractivity contribution in [3.8, 4) is 0 Å². The van der Waals surface area contributed by atoms with Gasteiger partial charge < -0.3 is 10.2 Å². The van der Waals surface area contributed by atoms with Gasteiger partial charge in [0.25, 0.3) is 0 Å². The van der Waals surface area contributed by atoms with E-state index in [0.717, 1.165) is 25.7 Å². The minimum absolute atomic E-state index is 0.775. The maximum absolute atomic E-state index is 4.28. The second-order valence-electron chi connectivity index (χ2n) is 5.11. The normalized spacial score (nSPS) is 14.8. The Hall–Kier alpha value is -1.09. The summed E-state index contributed by atoms with van der Waals surface area (Å²) in [5.74, 6) is 0. The molecule has 0 amide bonds. The second-order valence-corrected chi connectivity index (χ2v) is 5.11. The molecule has 0 saturated heterocycles. The molecule has 1 aliphatic carbocycles. The van der Waals surface area contributed by atoms with Crippen molar-refractivity contribution in [3.05, 3.63) is 24.0 Å². The van der Waals surface area contributed by atoms with Crippen LogP contribution in [0.5, 0.6) is 0 Å². The molecule has 3 heteroatoms. The third-order valence-electron chi connectivity index (χ3n) is 3.38. The molecule has 1 saturated carbocycles. The molecule has 100 valence electrons. The Morgan fingerprint density at radius 3 is 2.83 bits per heavy atom. The van der Waals surface area contributed by atoms with Crippen LogP contribution < -0.4 is 10.2 Å². The predicted molar refractivity (Wildman–Crippen MR) is 76.9 cm³/mol. The molecule has 1 N–H and O–H groups in total. The molecule has 0 unspecified atom stereocenters. The summed E-state index contributed by atoms with van der Waals surface area (Å²) in [7, 11) is 0. The highest BCUT2D eigenvalue weighted by atomic mass is 15.2. The van der Waals surface area contributed by atoms with Crippen LogP contribution in [-0.2, 0) is 6.54 Å². The van der Waals surface area contributed by atoms with Crippen LogP contribution in [-0.4, -0.2) is 24.1 Å². The van der Waals surface area contributed by atoms with Crippen LogP contribution >= 0.6 is 0 Å². The van der Waals surface area contributed by atoms with Crippen molar-refractivity contribution in [2.45, 2.75) is 52.1 Å². The molecule has 0 aromatic carbocycles. The Morgan fingerprint density at radius 1 is 1.33 bits per heavy atom. The fraction of sp³-hybridized carbons (Fsp3) is 0.667. The minimum atomic E-state index is 0.775. The van der Waals surface area contributed by atoms with Gasteiger partial charge in [0.15, 0.2) is 0 Å². The largest absolute Gasteiger partial charge is 0.368 e. The van der Waals surface area contributed by atoms with E-state index in [0.29, 0.717) is 0 Å². The Morgan fingerprint density at radius 2 is 2.17 bits per heavy atom. The van der Waals surface area contributed by atoms with Crippen molar-refractivity contribution in [1.29, 1.82) is 0 Å². The summed E-state index contributed by atoms with van der Waals surface area (Å²) in [6.45, 7) is 7.63. The van der Waals surface area contributed by atoms with E-state index in [2.05, 4.69) is 35.1 Å². The van der Waals surface area contributed by atoms with Gasteiger partial charge in [0, 0.05) is 42.8 Å². The zero-order valence-corrected chi connectivity index (χ0v) is 11.7. The smallest absolute Gasteiger partial charge is 0.0445 e. The molecule has 1 aromatic rings. The first-order valence-corrected chi connectivity index (χ1v) is 7.27. The number of pyridine rings is 1. The number of hydrogen-bond acceptors (Lipinski definition) is 3. The fourth-order valence-electron chi connectivity index (χ4n) is 2.36. The first-order chi connectivity index (χ1) is 8.86. The summed E-state index contributed by atoms with van der Waals surface area (Å²) < 4.78 is 0. The summed E-state index contributed by atoms with van der Waals surface area (Å²) in [6.07, 6.45) is 9.03. The van der Waals surface area contributed by atoms with Crippen LogP contribution in [0.3, 0.4) is 0 Å². The van der Waals surface area contributed by atoms with Gasteiger partial charge in [-0.05, 0) is 38.3 Å². The molecule has 1 aliphatic rings. The van der Waals surface area contributed by atoms with Gasteiger partial charge in [0.2, 0.25) is 0 Å². The van der Waals surface area contributed by atoms with Gasteiger partial charge in [-0.15, -0.1) is 0 Å². The zero-order chi connectivity index (χ0) is 12.8. The maximum atomic E-state index is 4.28. The molecular weight excluding hydrogens is 222 g/mol. The lowest BCUT2D eigenvalue weighted by atomic mass is 10.2. The fourth-order valence-corrected chi connectivity index (χ4v) is 2.36. The zero-order valence-electron chi connectivity index (χ0n) is 11.7. The average Bonchev–Trinajstić information content (AvgIpc) is 3.21. The predicted octanol–water partition coefficient (Wildman–Crippen LogP) is 2.96. The SMILES string of the molecule is CCCNCc1cnccc1N(CCC)C1CC1. The maximum Gasteiger partial charge on any atom is 0.0445 e. The van der Waals surface area contributed by atoms with Gasteiger partial charge >= 0.3 is 0 Å². The molecule has 0 radical (unpaired) electrons. The minimum Gasteiger partial charge on any atom is -0.368 e. The topological polar surface area (TPSA) is 28.2 Å². The van der Waals surface area contributed by atoms with Crippen LogP contribution in [0.1, 0.15) is 45.1 Å². The lowest BCUT2D eigenvalue weighted by Gasteiger charge is -2.26. The molecule has 0 atom stereocenters. The van der Waals surface area contributed by atoms with Gasteiger partial charge in [-0.2, -0.15) is 0 Å². The molecule has 1 aromatic heterocycles. The molecular formula is C15H25N3. The summed E-state index contributed by atoms with van der Waals surface area (Å²) in [5.41, 5.74) is 2.73. The lowest BCUT2D eigenvalue weighted by molar-refractivity contribution is 0.668. The van der Waals surface area contributed by atoms with Gasteiger partial charge in [-0.3, -0.25) is 4.98 Å². The highest BCUT2D eigenvalue weighted by Gasteiger charge is 2.29. The number of rotatable bonds is 8. The number of aromatic nitrogens is 1. The molecule has 0 spiro atoms. The van der Waals surface area contributed by atoms with E-state index in [1.54, 1.807) is 0 Å². The van der Waals surface area contributed by atoms with Crippen LogP contribution in [0.25, 0.3) is 0 Å². The number of anilines is 1.